The van der Waals surface area contributed by atoms with Gasteiger partial charge in [-0.1, -0.05) is 50.2 Å². The summed E-state index contributed by atoms with van der Waals surface area (Å²) in [6.45, 7) is 4.55. The Labute approximate surface area is 112 Å². The standard InChI is InChI=1S/C17H14N2/c1-17(2)14-6-4-3-5-12(14)13-8-7-11-9-18-10-19-16(11)15(13)17/h3-10H,1-2H3. The van der Waals surface area contributed by atoms with E-state index < -0.39 is 0 Å². The van der Waals surface area contributed by atoms with Gasteiger partial charge in [-0.2, -0.15) is 0 Å². The average molecular weight is 246 g/mol. The summed E-state index contributed by atoms with van der Waals surface area (Å²) in [5.74, 6) is 0. The maximum atomic E-state index is 4.52. The molecule has 0 N–H and O–H groups in total. The van der Waals surface area contributed by atoms with E-state index in [9.17, 15) is 0 Å². The highest BCUT2D eigenvalue weighted by atomic mass is 14.8. The van der Waals surface area contributed by atoms with Crippen molar-refractivity contribution < 1.29 is 0 Å². The van der Waals surface area contributed by atoms with Crippen molar-refractivity contribution >= 4 is 10.9 Å². The number of fused-ring (bicyclic) bond motifs is 5. The normalized spacial score (nSPS) is 15.3. The Bertz CT molecular complexity index is 803. The lowest BCUT2D eigenvalue weighted by Gasteiger charge is -2.22. The zero-order valence-corrected chi connectivity index (χ0v) is 11.0. The molecular formula is C17H14N2. The fourth-order valence-electron chi connectivity index (χ4n) is 3.31. The van der Waals surface area contributed by atoms with Gasteiger partial charge in [0.25, 0.3) is 0 Å². The largest absolute Gasteiger partial charge is 0.244 e. The lowest BCUT2D eigenvalue weighted by Crippen LogP contribution is -2.15. The summed E-state index contributed by atoms with van der Waals surface area (Å²) >= 11 is 0. The summed E-state index contributed by atoms with van der Waals surface area (Å²) in [7, 11) is 0. The molecule has 92 valence electrons. The van der Waals surface area contributed by atoms with E-state index in [1.807, 2.05) is 6.20 Å². The first-order chi connectivity index (χ1) is 9.19. The monoisotopic (exact) mass is 246 g/mol. The Morgan fingerprint density at radius 1 is 0.947 bits per heavy atom. The van der Waals surface area contributed by atoms with Crippen LogP contribution in [0.4, 0.5) is 0 Å². The smallest absolute Gasteiger partial charge is 0.116 e. The molecule has 4 rings (SSSR count). The second kappa shape index (κ2) is 3.41. The van der Waals surface area contributed by atoms with Crippen LogP contribution in [-0.2, 0) is 5.41 Å². The molecule has 0 saturated carbocycles. The van der Waals surface area contributed by atoms with Crippen molar-refractivity contribution in [3.05, 3.63) is 60.0 Å². The molecule has 0 saturated heterocycles. The Kier molecular flexibility index (Phi) is 1.92. The van der Waals surface area contributed by atoms with Crippen molar-refractivity contribution in [2.75, 3.05) is 0 Å². The number of aromatic nitrogens is 2. The van der Waals surface area contributed by atoms with Crippen molar-refractivity contribution in [2.24, 2.45) is 0 Å². The molecule has 2 heteroatoms. The van der Waals surface area contributed by atoms with E-state index in [1.165, 1.54) is 22.3 Å². The van der Waals surface area contributed by atoms with Crippen LogP contribution in [0.15, 0.2) is 48.9 Å². The third kappa shape index (κ3) is 1.26. The first-order valence-corrected chi connectivity index (χ1v) is 6.52. The number of hydrogen-bond acceptors (Lipinski definition) is 2. The van der Waals surface area contributed by atoms with Crippen molar-refractivity contribution in [1.29, 1.82) is 0 Å². The number of nitrogens with zero attached hydrogens (tertiary/aromatic N) is 2. The molecule has 0 spiro atoms. The van der Waals surface area contributed by atoms with Crippen LogP contribution in [0, 0.1) is 0 Å². The number of hydrogen-bond donors (Lipinski definition) is 0. The lowest BCUT2D eigenvalue weighted by molar-refractivity contribution is 0.664. The molecule has 1 aliphatic carbocycles. The van der Waals surface area contributed by atoms with E-state index in [1.54, 1.807) is 6.33 Å². The zero-order valence-electron chi connectivity index (χ0n) is 11.0. The zero-order chi connectivity index (χ0) is 13.0. The average Bonchev–Trinajstić information content (AvgIpc) is 2.68. The molecule has 0 aliphatic heterocycles. The van der Waals surface area contributed by atoms with Gasteiger partial charge in [-0.25, -0.2) is 9.97 Å². The molecule has 3 aromatic rings. The molecular weight excluding hydrogens is 232 g/mol. The fraction of sp³-hybridized carbons (Fsp3) is 0.176. The van der Waals surface area contributed by atoms with E-state index in [2.05, 4.69) is 60.2 Å². The van der Waals surface area contributed by atoms with Crippen molar-refractivity contribution in [3.8, 4) is 11.1 Å². The molecule has 2 nitrogen and oxygen atoms in total. The quantitative estimate of drug-likeness (QED) is 0.600. The topological polar surface area (TPSA) is 25.8 Å². The molecule has 1 aromatic heterocycles. The summed E-state index contributed by atoms with van der Waals surface area (Å²) in [5, 5.41) is 1.11. The van der Waals surface area contributed by atoms with Crippen molar-refractivity contribution in [2.45, 2.75) is 19.3 Å². The number of rotatable bonds is 0. The van der Waals surface area contributed by atoms with Gasteiger partial charge in [0.2, 0.25) is 0 Å². The van der Waals surface area contributed by atoms with Crippen LogP contribution < -0.4 is 0 Å². The molecule has 0 atom stereocenters. The summed E-state index contributed by atoms with van der Waals surface area (Å²) in [6, 6.07) is 13.0. The molecule has 0 unspecified atom stereocenters. The molecule has 0 amide bonds. The van der Waals surface area contributed by atoms with Gasteiger partial charge in [-0.05, 0) is 22.3 Å². The molecule has 2 aromatic carbocycles. The van der Waals surface area contributed by atoms with Crippen molar-refractivity contribution in [1.82, 2.24) is 9.97 Å². The maximum absolute atomic E-state index is 4.52. The predicted molar refractivity (Wildman–Crippen MR) is 77.1 cm³/mol. The van der Waals surface area contributed by atoms with Gasteiger partial charge >= 0.3 is 0 Å². The SMILES string of the molecule is CC1(C)c2ccccc2-c2ccc3cncnc3c21. The molecule has 0 radical (unpaired) electrons. The van der Waals surface area contributed by atoms with Crippen LogP contribution in [0.1, 0.15) is 25.0 Å². The summed E-state index contributed by atoms with van der Waals surface area (Å²) < 4.78 is 0. The van der Waals surface area contributed by atoms with Gasteiger partial charge in [-0.15, -0.1) is 0 Å². The van der Waals surface area contributed by atoms with E-state index in [4.69, 9.17) is 0 Å². The fourth-order valence-corrected chi connectivity index (χ4v) is 3.31. The summed E-state index contributed by atoms with van der Waals surface area (Å²) in [4.78, 5) is 8.64. The Morgan fingerprint density at radius 2 is 1.79 bits per heavy atom. The highest BCUT2D eigenvalue weighted by Crippen LogP contribution is 2.50. The van der Waals surface area contributed by atoms with Gasteiger partial charge < -0.3 is 0 Å². The van der Waals surface area contributed by atoms with Gasteiger partial charge in [0.1, 0.15) is 6.33 Å². The molecule has 0 bridgehead atoms. The first kappa shape index (κ1) is 10.7. The molecule has 19 heavy (non-hydrogen) atoms. The Morgan fingerprint density at radius 3 is 2.68 bits per heavy atom. The van der Waals surface area contributed by atoms with Crippen LogP contribution >= 0.6 is 0 Å². The van der Waals surface area contributed by atoms with Crippen molar-refractivity contribution in [3.63, 3.8) is 0 Å². The van der Waals surface area contributed by atoms with Gasteiger partial charge in [-0.3, -0.25) is 0 Å². The van der Waals surface area contributed by atoms with E-state index in [0.29, 0.717) is 0 Å². The highest BCUT2D eigenvalue weighted by Gasteiger charge is 2.36. The Balaban J connectivity index is 2.20. The van der Waals surface area contributed by atoms with Crippen LogP contribution in [0.3, 0.4) is 0 Å². The lowest BCUT2D eigenvalue weighted by atomic mass is 9.81. The summed E-state index contributed by atoms with van der Waals surface area (Å²) in [5.41, 5.74) is 6.44. The Hall–Kier alpha value is -2.22. The van der Waals surface area contributed by atoms with Crippen LogP contribution in [0.25, 0.3) is 22.0 Å². The third-order valence-corrected chi connectivity index (χ3v) is 4.19. The van der Waals surface area contributed by atoms with E-state index >= 15 is 0 Å². The second-order valence-electron chi connectivity index (χ2n) is 5.62. The predicted octanol–water partition coefficient (Wildman–Crippen LogP) is 3.94. The van der Waals surface area contributed by atoms with Gasteiger partial charge in [0.05, 0.1) is 5.52 Å². The minimum atomic E-state index is -0.000208. The minimum Gasteiger partial charge on any atom is -0.244 e. The second-order valence-corrected chi connectivity index (χ2v) is 5.62. The first-order valence-electron chi connectivity index (χ1n) is 6.52. The molecule has 1 heterocycles. The van der Waals surface area contributed by atoms with Crippen LogP contribution in [0.2, 0.25) is 0 Å². The molecule has 1 aliphatic rings. The summed E-state index contributed by atoms with van der Waals surface area (Å²) in [6.07, 6.45) is 3.53. The van der Waals surface area contributed by atoms with Gasteiger partial charge in [0, 0.05) is 17.0 Å². The number of benzene rings is 2. The molecule has 0 fully saturated rings. The van der Waals surface area contributed by atoms with E-state index in [0.717, 1.165) is 10.9 Å². The van der Waals surface area contributed by atoms with E-state index in [-0.39, 0.29) is 5.41 Å². The van der Waals surface area contributed by atoms with Gasteiger partial charge in [0.15, 0.2) is 0 Å². The highest BCUT2D eigenvalue weighted by molar-refractivity contribution is 5.94. The minimum absolute atomic E-state index is 0.000208. The van der Waals surface area contributed by atoms with Crippen LogP contribution in [-0.4, -0.2) is 9.97 Å². The maximum Gasteiger partial charge on any atom is 0.116 e. The third-order valence-electron chi connectivity index (χ3n) is 4.19. The van der Waals surface area contributed by atoms with Crippen LogP contribution in [0.5, 0.6) is 0 Å².